The molecule has 92 valence electrons. The van der Waals surface area contributed by atoms with Crippen molar-refractivity contribution in [2.75, 3.05) is 46.0 Å². The third kappa shape index (κ3) is 7.09. The van der Waals surface area contributed by atoms with Crippen LogP contribution in [-0.4, -0.2) is 57.0 Å². The van der Waals surface area contributed by atoms with Crippen LogP contribution in [0.2, 0.25) is 0 Å². The van der Waals surface area contributed by atoms with E-state index in [1.807, 2.05) is 0 Å². The molecule has 15 heavy (non-hydrogen) atoms. The van der Waals surface area contributed by atoms with Crippen molar-refractivity contribution < 1.29 is 9.47 Å². The molecule has 0 spiro atoms. The van der Waals surface area contributed by atoms with Gasteiger partial charge in [0.1, 0.15) is 0 Å². The Kier molecular flexibility index (Phi) is 9.44. The fourth-order valence-corrected chi connectivity index (χ4v) is 1.66. The lowest BCUT2D eigenvalue weighted by Gasteiger charge is -2.21. The SMILES string of the molecule is CC1CN(CCOCCN)CCCO1.Cl. The van der Waals surface area contributed by atoms with Gasteiger partial charge in [-0.25, -0.2) is 0 Å². The highest BCUT2D eigenvalue weighted by Crippen LogP contribution is 2.04. The molecule has 1 aliphatic heterocycles. The highest BCUT2D eigenvalue weighted by atomic mass is 35.5. The van der Waals surface area contributed by atoms with E-state index in [0.717, 1.165) is 39.3 Å². The van der Waals surface area contributed by atoms with Crippen molar-refractivity contribution in [2.45, 2.75) is 19.4 Å². The summed E-state index contributed by atoms with van der Waals surface area (Å²) in [6.45, 7) is 8.21. The minimum Gasteiger partial charge on any atom is -0.379 e. The Morgan fingerprint density at radius 1 is 1.47 bits per heavy atom. The van der Waals surface area contributed by atoms with Crippen LogP contribution in [0.3, 0.4) is 0 Å². The van der Waals surface area contributed by atoms with Gasteiger partial charge in [0.15, 0.2) is 0 Å². The molecule has 0 bridgehead atoms. The highest BCUT2D eigenvalue weighted by molar-refractivity contribution is 5.85. The maximum Gasteiger partial charge on any atom is 0.0673 e. The molecule has 1 unspecified atom stereocenters. The van der Waals surface area contributed by atoms with Crippen LogP contribution in [0.25, 0.3) is 0 Å². The molecule has 1 saturated heterocycles. The summed E-state index contributed by atoms with van der Waals surface area (Å²) < 4.78 is 10.9. The third-order valence-electron chi connectivity index (χ3n) is 2.35. The summed E-state index contributed by atoms with van der Waals surface area (Å²) >= 11 is 0. The Morgan fingerprint density at radius 2 is 2.27 bits per heavy atom. The molecule has 0 radical (unpaired) electrons. The van der Waals surface area contributed by atoms with Gasteiger partial charge in [-0.2, -0.15) is 0 Å². The molecule has 0 amide bonds. The molecular weight excluding hydrogens is 216 g/mol. The van der Waals surface area contributed by atoms with Gasteiger partial charge in [-0.1, -0.05) is 0 Å². The van der Waals surface area contributed by atoms with Gasteiger partial charge in [0.05, 0.1) is 19.3 Å². The fraction of sp³-hybridized carbons (Fsp3) is 1.00. The van der Waals surface area contributed by atoms with Crippen LogP contribution in [0, 0.1) is 0 Å². The van der Waals surface area contributed by atoms with Crippen LogP contribution in [0.1, 0.15) is 13.3 Å². The summed E-state index contributed by atoms with van der Waals surface area (Å²) in [4.78, 5) is 2.40. The zero-order valence-electron chi connectivity index (χ0n) is 9.48. The average Bonchev–Trinajstić information content (AvgIpc) is 2.38. The first-order valence-corrected chi connectivity index (χ1v) is 5.44. The Labute approximate surface area is 98.5 Å². The Hall–Kier alpha value is 0.130. The molecule has 0 aromatic rings. The van der Waals surface area contributed by atoms with E-state index in [-0.39, 0.29) is 12.4 Å². The standard InChI is InChI=1S/C10H22N2O2.ClH/c1-10-9-12(4-2-6-14-10)5-8-13-7-3-11;/h10H,2-9,11H2,1H3;1H. The summed E-state index contributed by atoms with van der Waals surface area (Å²) in [5.41, 5.74) is 5.34. The maximum atomic E-state index is 5.56. The van der Waals surface area contributed by atoms with Gasteiger partial charge in [-0.05, 0) is 13.3 Å². The number of halogens is 1. The molecule has 1 heterocycles. The van der Waals surface area contributed by atoms with Crippen molar-refractivity contribution in [3.63, 3.8) is 0 Å². The normalized spacial score (nSPS) is 23.2. The van der Waals surface area contributed by atoms with Gasteiger partial charge in [0.2, 0.25) is 0 Å². The number of hydrogen-bond donors (Lipinski definition) is 1. The molecule has 0 aromatic heterocycles. The fourth-order valence-electron chi connectivity index (χ4n) is 1.66. The Morgan fingerprint density at radius 3 is 3.00 bits per heavy atom. The van der Waals surface area contributed by atoms with Crippen molar-refractivity contribution >= 4 is 12.4 Å². The van der Waals surface area contributed by atoms with E-state index >= 15 is 0 Å². The van der Waals surface area contributed by atoms with Gasteiger partial charge >= 0.3 is 0 Å². The summed E-state index contributed by atoms with van der Waals surface area (Å²) in [5.74, 6) is 0. The van der Waals surface area contributed by atoms with Gasteiger partial charge < -0.3 is 15.2 Å². The van der Waals surface area contributed by atoms with E-state index in [1.165, 1.54) is 0 Å². The van der Waals surface area contributed by atoms with Crippen LogP contribution in [0.15, 0.2) is 0 Å². The molecule has 5 heteroatoms. The zero-order chi connectivity index (χ0) is 10.2. The first kappa shape index (κ1) is 15.1. The maximum absolute atomic E-state index is 5.56. The summed E-state index contributed by atoms with van der Waals surface area (Å²) in [6.07, 6.45) is 1.48. The van der Waals surface area contributed by atoms with E-state index < -0.39 is 0 Å². The number of hydrogen-bond acceptors (Lipinski definition) is 4. The Bertz CT molecular complexity index is 149. The number of nitrogens with two attached hydrogens (primary N) is 1. The van der Waals surface area contributed by atoms with E-state index in [0.29, 0.717) is 19.3 Å². The second-order valence-electron chi connectivity index (χ2n) is 3.74. The lowest BCUT2D eigenvalue weighted by Crippen LogP contribution is -2.33. The van der Waals surface area contributed by atoms with Crippen molar-refractivity contribution in [3.05, 3.63) is 0 Å². The number of ether oxygens (including phenoxy) is 2. The number of rotatable bonds is 5. The van der Waals surface area contributed by atoms with Crippen molar-refractivity contribution in [3.8, 4) is 0 Å². The molecule has 0 aliphatic carbocycles. The monoisotopic (exact) mass is 238 g/mol. The summed E-state index contributed by atoms with van der Waals surface area (Å²) in [5, 5.41) is 0. The summed E-state index contributed by atoms with van der Waals surface area (Å²) in [7, 11) is 0. The van der Waals surface area contributed by atoms with E-state index in [2.05, 4.69) is 11.8 Å². The molecule has 1 fully saturated rings. The minimum absolute atomic E-state index is 0. The molecule has 0 aromatic carbocycles. The molecule has 1 aliphatic rings. The first-order chi connectivity index (χ1) is 6.83. The quantitative estimate of drug-likeness (QED) is 0.709. The van der Waals surface area contributed by atoms with E-state index in [9.17, 15) is 0 Å². The topological polar surface area (TPSA) is 47.7 Å². The second-order valence-corrected chi connectivity index (χ2v) is 3.74. The average molecular weight is 239 g/mol. The van der Waals surface area contributed by atoms with Crippen LogP contribution in [-0.2, 0) is 9.47 Å². The van der Waals surface area contributed by atoms with Gasteiger partial charge in [0.25, 0.3) is 0 Å². The Balaban J connectivity index is 0.00000196. The molecule has 2 N–H and O–H groups in total. The van der Waals surface area contributed by atoms with Crippen molar-refractivity contribution in [2.24, 2.45) is 5.73 Å². The third-order valence-corrected chi connectivity index (χ3v) is 2.35. The van der Waals surface area contributed by atoms with Crippen molar-refractivity contribution in [1.29, 1.82) is 0 Å². The zero-order valence-corrected chi connectivity index (χ0v) is 10.3. The predicted molar refractivity (Wildman–Crippen MR) is 63.6 cm³/mol. The van der Waals surface area contributed by atoms with E-state index in [4.69, 9.17) is 15.2 Å². The summed E-state index contributed by atoms with van der Waals surface area (Å²) in [6, 6.07) is 0. The minimum atomic E-state index is 0. The molecule has 0 saturated carbocycles. The predicted octanol–water partition coefficient (Wildman–Crippen LogP) is 0.494. The molecule has 1 atom stereocenters. The molecular formula is C10H23ClN2O2. The van der Waals surface area contributed by atoms with E-state index in [1.54, 1.807) is 0 Å². The first-order valence-electron chi connectivity index (χ1n) is 5.44. The van der Waals surface area contributed by atoms with Crippen LogP contribution in [0.4, 0.5) is 0 Å². The molecule has 4 nitrogen and oxygen atoms in total. The second kappa shape index (κ2) is 9.36. The van der Waals surface area contributed by atoms with Crippen LogP contribution in [0.5, 0.6) is 0 Å². The van der Waals surface area contributed by atoms with Gasteiger partial charge in [-0.3, -0.25) is 4.90 Å². The highest BCUT2D eigenvalue weighted by Gasteiger charge is 2.13. The number of nitrogens with zero attached hydrogens (tertiary/aromatic N) is 1. The lowest BCUT2D eigenvalue weighted by molar-refractivity contribution is 0.0593. The lowest BCUT2D eigenvalue weighted by atomic mass is 10.3. The largest absolute Gasteiger partial charge is 0.379 e. The van der Waals surface area contributed by atoms with Crippen LogP contribution < -0.4 is 5.73 Å². The van der Waals surface area contributed by atoms with Gasteiger partial charge in [0, 0.05) is 32.8 Å². The van der Waals surface area contributed by atoms with Gasteiger partial charge in [-0.15, -0.1) is 12.4 Å². The van der Waals surface area contributed by atoms with Crippen molar-refractivity contribution in [1.82, 2.24) is 4.90 Å². The molecule has 1 rings (SSSR count). The smallest absolute Gasteiger partial charge is 0.0673 e. The van der Waals surface area contributed by atoms with Crippen LogP contribution >= 0.6 is 12.4 Å².